The highest BCUT2D eigenvalue weighted by Gasteiger charge is 2.17. The van der Waals surface area contributed by atoms with Crippen molar-refractivity contribution in [2.75, 3.05) is 0 Å². The van der Waals surface area contributed by atoms with Gasteiger partial charge in [0.05, 0.1) is 5.38 Å². The molecule has 2 aromatic rings. The number of alkyl halides is 1. The molecular formula is C14H9BrCl2F2. The van der Waals surface area contributed by atoms with Crippen LogP contribution in [0.15, 0.2) is 40.9 Å². The molecule has 0 saturated heterocycles. The van der Waals surface area contributed by atoms with Gasteiger partial charge in [-0.3, -0.25) is 0 Å². The Bertz CT molecular complexity index is 582. The third kappa shape index (κ3) is 3.47. The van der Waals surface area contributed by atoms with E-state index in [9.17, 15) is 8.78 Å². The molecule has 0 amide bonds. The molecule has 0 aliphatic heterocycles. The molecule has 19 heavy (non-hydrogen) atoms. The van der Waals surface area contributed by atoms with Crippen molar-refractivity contribution in [1.82, 2.24) is 0 Å². The van der Waals surface area contributed by atoms with E-state index >= 15 is 0 Å². The Labute approximate surface area is 128 Å². The van der Waals surface area contributed by atoms with Crippen molar-refractivity contribution in [3.05, 3.63) is 68.7 Å². The molecular weight excluding hydrogens is 357 g/mol. The molecule has 2 rings (SSSR count). The largest absolute Gasteiger partial charge is 0.207 e. The third-order valence-electron chi connectivity index (χ3n) is 2.74. The number of hydrogen-bond donors (Lipinski definition) is 0. The molecule has 2 aromatic carbocycles. The van der Waals surface area contributed by atoms with E-state index in [1.165, 1.54) is 24.3 Å². The highest BCUT2D eigenvalue weighted by atomic mass is 79.9. The van der Waals surface area contributed by atoms with Gasteiger partial charge in [-0.05, 0) is 36.2 Å². The molecule has 0 aliphatic carbocycles. The Kier molecular flexibility index (Phi) is 4.82. The van der Waals surface area contributed by atoms with Crippen LogP contribution in [0.5, 0.6) is 0 Å². The van der Waals surface area contributed by atoms with Gasteiger partial charge < -0.3 is 0 Å². The van der Waals surface area contributed by atoms with Gasteiger partial charge in [0.2, 0.25) is 0 Å². The summed E-state index contributed by atoms with van der Waals surface area (Å²) in [4.78, 5) is 0. The van der Waals surface area contributed by atoms with E-state index in [0.717, 1.165) is 0 Å². The Morgan fingerprint density at radius 1 is 1.16 bits per heavy atom. The van der Waals surface area contributed by atoms with Crippen LogP contribution in [0.25, 0.3) is 0 Å². The van der Waals surface area contributed by atoms with E-state index in [-0.39, 0.29) is 12.2 Å². The zero-order valence-corrected chi connectivity index (χ0v) is 12.7. The Morgan fingerprint density at radius 3 is 2.53 bits per heavy atom. The number of halogens is 5. The second-order valence-corrected chi connectivity index (χ2v) is 5.83. The molecule has 1 unspecified atom stereocenters. The first-order valence-electron chi connectivity index (χ1n) is 5.51. The highest BCUT2D eigenvalue weighted by molar-refractivity contribution is 9.10. The van der Waals surface area contributed by atoms with Gasteiger partial charge >= 0.3 is 0 Å². The predicted molar refractivity (Wildman–Crippen MR) is 77.8 cm³/mol. The average Bonchev–Trinajstić information content (AvgIpc) is 2.33. The standard InChI is InChI=1S/C14H9BrCl2F2/c15-11-6-8(18)4-5-9(11)13(17)7-10-12(16)2-1-3-14(10)19/h1-6,13H,7H2. The minimum atomic E-state index is -0.496. The maximum absolute atomic E-state index is 13.7. The monoisotopic (exact) mass is 364 g/mol. The van der Waals surface area contributed by atoms with Crippen molar-refractivity contribution < 1.29 is 8.78 Å². The molecule has 0 aliphatic rings. The molecule has 0 bridgehead atoms. The van der Waals surface area contributed by atoms with Gasteiger partial charge in [-0.25, -0.2) is 8.78 Å². The van der Waals surface area contributed by atoms with Crippen LogP contribution in [0.1, 0.15) is 16.5 Å². The van der Waals surface area contributed by atoms with E-state index in [2.05, 4.69) is 15.9 Å². The van der Waals surface area contributed by atoms with Gasteiger partial charge in [0, 0.05) is 15.1 Å². The van der Waals surface area contributed by atoms with Crippen molar-refractivity contribution >= 4 is 39.1 Å². The van der Waals surface area contributed by atoms with Crippen LogP contribution in [-0.4, -0.2) is 0 Å². The first-order valence-corrected chi connectivity index (χ1v) is 7.11. The van der Waals surface area contributed by atoms with Gasteiger partial charge in [0.25, 0.3) is 0 Å². The average molecular weight is 366 g/mol. The van der Waals surface area contributed by atoms with E-state index in [1.807, 2.05) is 0 Å². The molecule has 0 radical (unpaired) electrons. The minimum absolute atomic E-state index is 0.233. The normalized spacial score (nSPS) is 12.5. The highest BCUT2D eigenvalue weighted by Crippen LogP contribution is 2.33. The lowest BCUT2D eigenvalue weighted by molar-refractivity contribution is 0.606. The van der Waals surface area contributed by atoms with Crippen LogP contribution in [0.2, 0.25) is 5.02 Å². The number of rotatable bonds is 3. The van der Waals surface area contributed by atoms with Crippen LogP contribution in [0, 0.1) is 11.6 Å². The molecule has 0 spiro atoms. The first kappa shape index (κ1) is 14.8. The lowest BCUT2D eigenvalue weighted by Gasteiger charge is -2.13. The summed E-state index contributed by atoms with van der Waals surface area (Å²) in [5.41, 5.74) is 1.06. The van der Waals surface area contributed by atoms with Crippen molar-refractivity contribution in [3.63, 3.8) is 0 Å². The summed E-state index contributed by atoms with van der Waals surface area (Å²) in [6.45, 7) is 0. The van der Waals surface area contributed by atoms with Crippen LogP contribution < -0.4 is 0 Å². The van der Waals surface area contributed by atoms with E-state index in [0.29, 0.717) is 20.6 Å². The molecule has 5 heteroatoms. The molecule has 0 nitrogen and oxygen atoms in total. The third-order valence-corrected chi connectivity index (χ3v) is 4.18. The lowest BCUT2D eigenvalue weighted by atomic mass is 10.0. The van der Waals surface area contributed by atoms with Gasteiger partial charge in [-0.2, -0.15) is 0 Å². The van der Waals surface area contributed by atoms with Gasteiger partial charge in [0.1, 0.15) is 11.6 Å². The fourth-order valence-corrected chi connectivity index (χ4v) is 3.12. The Balaban J connectivity index is 2.28. The van der Waals surface area contributed by atoms with Crippen molar-refractivity contribution in [1.29, 1.82) is 0 Å². The molecule has 0 heterocycles. The van der Waals surface area contributed by atoms with Crippen LogP contribution >= 0.6 is 39.1 Å². The van der Waals surface area contributed by atoms with Gasteiger partial charge in [-0.15, -0.1) is 11.6 Å². The fraction of sp³-hybridized carbons (Fsp3) is 0.143. The van der Waals surface area contributed by atoms with Crippen LogP contribution in [-0.2, 0) is 6.42 Å². The summed E-state index contributed by atoms with van der Waals surface area (Å²) in [6, 6.07) is 8.71. The summed E-state index contributed by atoms with van der Waals surface area (Å²) in [5, 5.41) is -0.159. The summed E-state index contributed by atoms with van der Waals surface area (Å²) in [5.74, 6) is -0.750. The smallest absolute Gasteiger partial charge is 0.127 e. The predicted octanol–water partition coefficient (Wildman–Crippen LogP) is 5.90. The molecule has 0 aromatic heterocycles. The Hall–Kier alpha value is -0.640. The zero-order chi connectivity index (χ0) is 14.0. The number of hydrogen-bond acceptors (Lipinski definition) is 0. The molecule has 0 fully saturated rings. The topological polar surface area (TPSA) is 0 Å². The minimum Gasteiger partial charge on any atom is -0.207 e. The summed E-state index contributed by atoms with van der Waals surface area (Å²) >= 11 is 15.5. The van der Waals surface area contributed by atoms with E-state index in [1.54, 1.807) is 12.1 Å². The van der Waals surface area contributed by atoms with Crippen LogP contribution in [0.3, 0.4) is 0 Å². The molecule has 0 N–H and O–H groups in total. The SMILES string of the molecule is Fc1ccc(C(Cl)Cc2c(F)cccc2Cl)c(Br)c1. The quantitative estimate of drug-likeness (QED) is 0.593. The summed E-state index contributed by atoms with van der Waals surface area (Å²) < 4.78 is 27.2. The van der Waals surface area contributed by atoms with E-state index in [4.69, 9.17) is 23.2 Å². The van der Waals surface area contributed by atoms with Crippen molar-refractivity contribution in [2.45, 2.75) is 11.8 Å². The number of benzene rings is 2. The van der Waals surface area contributed by atoms with Gasteiger partial charge in [-0.1, -0.05) is 39.7 Å². The second-order valence-electron chi connectivity index (χ2n) is 4.04. The first-order chi connectivity index (χ1) is 8.99. The van der Waals surface area contributed by atoms with E-state index < -0.39 is 11.2 Å². The molecule has 100 valence electrons. The fourth-order valence-electron chi connectivity index (χ4n) is 1.77. The summed E-state index contributed by atoms with van der Waals surface area (Å²) in [6.07, 6.45) is 0.233. The maximum Gasteiger partial charge on any atom is 0.127 e. The molecule has 0 saturated carbocycles. The van der Waals surface area contributed by atoms with Crippen LogP contribution in [0.4, 0.5) is 8.78 Å². The van der Waals surface area contributed by atoms with Crippen molar-refractivity contribution in [3.8, 4) is 0 Å². The van der Waals surface area contributed by atoms with Gasteiger partial charge in [0.15, 0.2) is 0 Å². The van der Waals surface area contributed by atoms with Crippen molar-refractivity contribution in [2.24, 2.45) is 0 Å². The Morgan fingerprint density at radius 2 is 1.89 bits per heavy atom. The molecule has 1 atom stereocenters. The lowest BCUT2D eigenvalue weighted by Crippen LogP contribution is -2.00. The zero-order valence-electron chi connectivity index (χ0n) is 9.64. The second kappa shape index (κ2) is 6.21. The summed E-state index contributed by atoms with van der Waals surface area (Å²) in [7, 11) is 0. The maximum atomic E-state index is 13.7.